The number of hydrogen-bond acceptors (Lipinski definition) is 6. The van der Waals surface area contributed by atoms with E-state index in [2.05, 4.69) is 31.9 Å². The van der Waals surface area contributed by atoms with Crippen molar-refractivity contribution in [3.8, 4) is 0 Å². The highest BCUT2D eigenvalue weighted by atomic mass is 79.9. The summed E-state index contributed by atoms with van der Waals surface area (Å²) in [6.45, 7) is -0.535. The molecule has 11 heteroatoms. The van der Waals surface area contributed by atoms with Crippen molar-refractivity contribution in [3.63, 3.8) is 0 Å². The molecule has 1 saturated carbocycles. The molecule has 2 aromatic carbocycles. The summed E-state index contributed by atoms with van der Waals surface area (Å²) in [6.07, 6.45) is 0.821. The Hall–Kier alpha value is -2.92. The van der Waals surface area contributed by atoms with Crippen molar-refractivity contribution in [1.82, 2.24) is 10.0 Å². The normalized spacial score (nSPS) is 24.0. The van der Waals surface area contributed by atoms with Gasteiger partial charge in [-0.2, -0.15) is 5.01 Å². The number of nitro benzene ring substituents is 1. The van der Waals surface area contributed by atoms with Crippen LogP contribution in [-0.4, -0.2) is 54.6 Å². The molecule has 34 heavy (non-hydrogen) atoms. The zero-order chi connectivity index (χ0) is 24.6. The fourth-order valence-electron chi connectivity index (χ4n) is 4.28. The van der Waals surface area contributed by atoms with Crippen LogP contribution in [0, 0.1) is 22.0 Å². The van der Waals surface area contributed by atoms with Crippen LogP contribution in [0.1, 0.15) is 33.6 Å². The summed E-state index contributed by atoms with van der Waals surface area (Å²) in [4.78, 5) is 63.4. The van der Waals surface area contributed by atoms with Crippen LogP contribution >= 0.6 is 31.9 Å². The average Bonchev–Trinajstić information content (AvgIpc) is 3.07. The Balaban J connectivity index is 1.69. The Morgan fingerprint density at radius 2 is 1.44 bits per heavy atom. The number of ketones is 1. The molecule has 2 aromatic rings. The Morgan fingerprint density at radius 1 is 0.912 bits per heavy atom. The van der Waals surface area contributed by atoms with E-state index in [-0.39, 0.29) is 20.9 Å². The summed E-state index contributed by atoms with van der Waals surface area (Å²) in [5.74, 6) is -3.51. The lowest BCUT2D eigenvalue weighted by molar-refractivity contribution is -0.384. The number of hydrazine groups is 1. The van der Waals surface area contributed by atoms with E-state index in [9.17, 15) is 29.3 Å². The smallest absolute Gasteiger partial charge is 0.273 e. The van der Waals surface area contributed by atoms with Crippen molar-refractivity contribution in [2.45, 2.75) is 22.5 Å². The summed E-state index contributed by atoms with van der Waals surface area (Å²) in [7, 11) is 0. The quantitative estimate of drug-likeness (QED) is 0.166. The van der Waals surface area contributed by atoms with E-state index >= 15 is 0 Å². The molecule has 0 spiro atoms. The van der Waals surface area contributed by atoms with E-state index in [1.807, 2.05) is 0 Å². The Bertz CT molecular complexity index is 1130. The second-order valence-corrected chi connectivity index (χ2v) is 10.5. The zero-order valence-corrected chi connectivity index (χ0v) is 20.8. The Labute approximate surface area is 211 Å². The van der Waals surface area contributed by atoms with Gasteiger partial charge in [-0.15, -0.1) is 0 Å². The van der Waals surface area contributed by atoms with Gasteiger partial charge in [-0.05, 0) is 25.0 Å². The highest BCUT2D eigenvalue weighted by molar-refractivity contribution is 9.12. The van der Waals surface area contributed by atoms with E-state index < -0.39 is 46.8 Å². The maximum absolute atomic E-state index is 13.4. The van der Waals surface area contributed by atoms with Crippen LogP contribution in [0.3, 0.4) is 0 Å². The minimum Gasteiger partial charge on any atom is -0.292 e. The van der Waals surface area contributed by atoms with E-state index in [1.165, 1.54) is 12.1 Å². The third kappa shape index (κ3) is 4.54. The Morgan fingerprint density at radius 3 is 1.94 bits per heavy atom. The molecule has 1 saturated heterocycles. The van der Waals surface area contributed by atoms with Crippen molar-refractivity contribution in [1.29, 1.82) is 0 Å². The fraction of sp³-hybridized carbons (Fsp3) is 0.304. The summed E-state index contributed by atoms with van der Waals surface area (Å²) >= 11 is 7.06. The van der Waals surface area contributed by atoms with Crippen LogP contribution in [0.4, 0.5) is 5.69 Å². The first kappa shape index (κ1) is 24.2. The van der Waals surface area contributed by atoms with E-state index in [1.54, 1.807) is 30.3 Å². The molecule has 0 N–H and O–H groups in total. The molecule has 0 unspecified atom stereocenters. The second-order valence-electron chi connectivity index (χ2n) is 8.16. The first-order chi connectivity index (χ1) is 16.2. The first-order valence-electron chi connectivity index (χ1n) is 10.5. The standard InChI is InChI=1S/C23H19Br2N3O6/c24-18-10-16-17(11-19(18)25)23(32)27(22(16)31)26(12-20(29)13-4-2-1-3-5-13)21(30)14-6-8-15(9-7-14)28(33)34/h1-9,16-19H,10-12H2/t16-,17+,18-,19-/m0/s1. The molecule has 176 valence electrons. The molecular weight excluding hydrogens is 574 g/mol. The summed E-state index contributed by atoms with van der Waals surface area (Å²) in [5.41, 5.74) is 0.120. The fourth-order valence-corrected chi connectivity index (χ4v) is 5.51. The number of Topliss-reactive ketones (excluding diaryl/α,β-unsaturated/α-hetero) is 1. The van der Waals surface area contributed by atoms with Crippen molar-refractivity contribution >= 4 is 61.1 Å². The van der Waals surface area contributed by atoms with E-state index in [0.29, 0.717) is 18.4 Å². The predicted molar refractivity (Wildman–Crippen MR) is 128 cm³/mol. The number of amides is 3. The molecule has 1 aliphatic carbocycles. The van der Waals surface area contributed by atoms with Crippen molar-refractivity contribution in [3.05, 3.63) is 75.8 Å². The summed E-state index contributed by atoms with van der Waals surface area (Å²) in [6, 6.07) is 13.0. The molecule has 4 atom stereocenters. The lowest BCUT2D eigenvalue weighted by atomic mass is 9.81. The number of benzene rings is 2. The SMILES string of the molecule is O=C(CN(C(=O)c1ccc([N+](=O)[O-])cc1)N1C(=O)[C@H]2C[C@H](Br)[C@@H](Br)C[C@H]2C1=O)c1ccccc1. The van der Waals surface area contributed by atoms with Gasteiger partial charge in [0.1, 0.15) is 6.54 Å². The number of imide groups is 1. The molecule has 1 aliphatic heterocycles. The monoisotopic (exact) mass is 591 g/mol. The van der Waals surface area contributed by atoms with Crippen molar-refractivity contribution in [2.24, 2.45) is 11.8 Å². The highest BCUT2D eigenvalue weighted by Crippen LogP contribution is 2.43. The molecule has 4 rings (SSSR count). The molecule has 3 amide bonds. The van der Waals surface area contributed by atoms with Gasteiger partial charge in [0, 0.05) is 32.9 Å². The van der Waals surface area contributed by atoms with Crippen LogP contribution in [-0.2, 0) is 9.59 Å². The van der Waals surface area contributed by atoms with Gasteiger partial charge in [0.15, 0.2) is 5.78 Å². The minimum atomic E-state index is -0.773. The zero-order valence-electron chi connectivity index (χ0n) is 17.7. The molecule has 0 radical (unpaired) electrons. The number of nitrogens with zero attached hydrogens (tertiary/aromatic N) is 3. The maximum atomic E-state index is 13.4. The van der Waals surface area contributed by atoms with Gasteiger partial charge in [-0.1, -0.05) is 62.2 Å². The minimum absolute atomic E-state index is 0.0127. The number of carbonyl (C=O) groups excluding carboxylic acids is 4. The first-order valence-corrected chi connectivity index (χ1v) is 12.3. The van der Waals surface area contributed by atoms with Gasteiger partial charge in [-0.3, -0.25) is 29.3 Å². The van der Waals surface area contributed by atoms with Crippen molar-refractivity contribution < 1.29 is 24.1 Å². The third-order valence-corrected chi connectivity index (χ3v) is 8.81. The van der Waals surface area contributed by atoms with Crippen LogP contribution in [0.2, 0.25) is 0 Å². The summed E-state index contributed by atoms with van der Waals surface area (Å²) < 4.78 is 0. The molecule has 9 nitrogen and oxygen atoms in total. The predicted octanol–water partition coefficient (Wildman–Crippen LogP) is 3.76. The number of hydrogen-bond donors (Lipinski definition) is 0. The van der Waals surface area contributed by atoms with Crippen LogP contribution < -0.4 is 0 Å². The molecule has 2 aliphatic rings. The van der Waals surface area contributed by atoms with Gasteiger partial charge in [0.2, 0.25) is 0 Å². The number of nitro groups is 1. The lowest BCUT2D eigenvalue weighted by Gasteiger charge is -2.30. The lowest BCUT2D eigenvalue weighted by Crippen LogP contribution is -2.52. The number of rotatable bonds is 6. The highest BCUT2D eigenvalue weighted by Gasteiger charge is 2.54. The molecule has 0 aromatic heterocycles. The largest absolute Gasteiger partial charge is 0.292 e. The van der Waals surface area contributed by atoms with Crippen LogP contribution in [0.15, 0.2) is 54.6 Å². The average molecular weight is 593 g/mol. The Kier molecular flexibility index (Phi) is 6.94. The third-order valence-electron chi connectivity index (χ3n) is 6.08. The number of non-ortho nitro benzene ring substituents is 1. The van der Waals surface area contributed by atoms with Crippen LogP contribution in [0.5, 0.6) is 0 Å². The van der Waals surface area contributed by atoms with E-state index in [0.717, 1.165) is 22.2 Å². The molecule has 0 bridgehead atoms. The maximum Gasteiger partial charge on any atom is 0.273 e. The van der Waals surface area contributed by atoms with Crippen LogP contribution in [0.25, 0.3) is 0 Å². The van der Waals surface area contributed by atoms with Gasteiger partial charge in [-0.25, -0.2) is 5.01 Å². The molecule has 2 fully saturated rings. The molecular formula is C23H19Br2N3O6. The van der Waals surface area contributed by atoms with Gasteiger partial charge in [0.05, 0.1) is 16.8 Å². The number of fused-ring (bicyclic) bond motifs is 1. The number of carbonyl (C=O) groups is 4. The van der Waals surface area contributed by atoms with Gasteiger partial charge >= 0.3 is 0 Å². The summed E-state index contributed by atoms with van der Waals surface area (Å²) in [5, 5.41) is 12.6. The number of alkyl halides is 2. The number of halogens is 2. The molecule has 1 heterocycles. The van der Waals surface area contributed by atoms with Gasteiger partial charge in [0.25, 0.3) is 23.4 Å². The van der Waals surface area contributed by atoms with Crippen molar-refractivity contribution in [2.75, 3.05) is 6.54 Å². The topological polar surface area (TPSA) is 118 Å². The van der Waals surface area contributed by atoms with Gasteiger partial charge < -0.3 is 0 Å². The second kappa shape index (κ2) is 9.75. The van der Waals surface area contributed by atoms with E-state index in [4.69, 9.17) is 0 Å².